The third kappa shape index (κ3) is 5.63. The number of aliphatic hydroxyl groups excluding tert-OH is 1. The van der Waals surface area contributed by atoms with Crippen LogP contribution in [-0.2, 0) is 0 Å². The molecule has 2 atom stereocenters. The highest BCUT2D eigenvalue weighted by Gasteiger charge is 2.21. The maximum atomic E-state index is 11.8. The zero-order valence-corrected chi connectivity index (χ0v) is 13.4. The van der Waals surface area contributed by atoms with Gasteiger partial charge in [0.25, 0.3) is 0 Å². The van der Waals surface area contributed by atoms with E-state index in [0.29, 0.717) is 0 Å². The highest BCUT2D eigenvalue weighted by atomic mass is 16.5. The van der Waals surface area contributed by atoms with Gasteiger partial charge in [-0.15, -0.1) is 0 Å². The molecule has 5 heteroatoms. The molecule has 0 heterocycles. The van der Waals surface area contributed by atoms with Gasteiger partial charge in [-0.1, -0.05) is 32.9 Å². The van der Waals surface area contributed by atoms with Crippen molar-refractivity contribution >= 4 is 6.03 Å². The van der Waals surface area contributed by atoms with E-state index in [1.54, 1.807) is 31.4 Å². The molecular weight excluding hydrogens is 268 g/mol. The van der Waals surface area contributed by atoms with E-state index in [1.165, 1.54) is 0 Å². The molecular formula is C16H26N2O3. The maximum Gasteiger partial charge on any atom is 0.315 e. The van der Waals surface area contributed by atoms with Crippen LogP contribution >= 0.6 is 0 Å². The Hall–Kier alpha value is -1.75. The van der Waals surface area contributed by atoms with Gasteiger partial charge >= 0.3 is 6.03 Å². The Labute approximate surface area is 126 Å². The zero-order valence-electron chi connectivity index (χ0n) is 13.4. The van der Waals surface area contributed by atoms with Crippen molar-refractivity contribution in [3.05, 3.63) is 29.8 Å². The van der Waals surface area contributed by atoms with Gasteiger partial charge in [0, 0.05) is 12.6 Å². The predicted molar refractivity (Wildman–Crippen MR) is 83.4 cm³/mol. The third-order valence-corrected chi connectivity index (χ3v) is 3.60. The number of carbonyl (C=O) groups excluding carboxylic acids is 1. The zero-order chi connectivity index (χ0) is 16.0. The molecule has 0 saturated heterocycles. The summed E-state index contributed by atoms with van der Waals surface area (Å²) in [6.07, 6.45) is -0.744. The molecule has 1 aromatic rings. The van der Waals surface area contributed by atoms with Crippen LogP contribution < -0.4 is 15.4 Å². The Morgan fingerprint density at radius 2 is 1.86 bits per heavy atom. The SMILES string of the molecule is COc1ccc(C(O)CNC(=O)NC(C)C(C)(C)C)cc1. The van der Waals surface area contributed by atoms with E-state index in [2.05, 4.69) is 31.4 Å². The minimum absolute atomic E-state index is 0.00800. The predicted octanol–water partition coefficient (Wildman–Crippen LogP) is 2.46. The van der Waals surface area contributed by atoms with Crippen LogP contribution in [0.1, 0.15) is 39.4 Å². The van der Waals surface area contributed by atoms with E-state index in [1.807, 2.05) is 6.92 Å². The quantitative estimate of drug-likeness (QED) is 0.781. The summed E-state index contributed by atoms with van der Waals surface area (Å²) in [7, 11) is 1.59. The number of benzene rings is 1. The number of amides is 2. The molecule has 0 radical (unpaired) electrons. The first-order chi connectivity index (χ1) is 9.74. The molecule has 2 unspecified atom stereocenters. The van der Waals surface area contributed by atoms with Gasteiger partial charge in [0.1, 0.15) is 5.75 Å². The molecule has 0 aliphatic heterocycles. The molecule has 0 spiro atoms. The number of hydrogen-bond donors (Lipinski definition) is 3. The van der Waals surface area contributed by atoms with E-state index in [-0.39, 0.29) is 24.0 Å². The van der Waals surface area contributed by atoms with Crippen LogP contribution in [0.15, 0.2) is 24.3 Å². The third-order valence-electron chi connectivity index (χ3n) is 3.60. The number of nitrogens with one attached hydrogen (secondary N) is 2. The molecule has 0 fully saturated rings. The lowest BCUT2D eigenvalue weighted by Crippen LogP contribution is -2.47. The van der Waals surface area contributed by atoms with Gasteiger partial charge in [-0.05, 0) is 30.0 Å². The summed E-state index contributed by atoms with van der Waals surface area (Å²) in [5, 5.41) is 15.6. The van der Waals surface area contributed by atoms with Crippen molar-refractivity contribution in [2.24, 2.45) is 5.41 Å². The molecule has 1 aromatic carbocycles. The van der Waals surface area contributed by atoms with E-state index < -0.39 is 6.10 Å². The van der Waals surface area contributed by atoms with Crippen molar-refractivity contribution in [2.75, 3.05) is 13.7 Å². The monoisotopic (exact) mass is 294 g/mol. The summed E-state index contributed by atoms with van der Waals surface area (Å²) >= 11 is 0. The van der Waals surface area contributed by atoms with Crippen LogP contribution in [0.2, 0.25) is 0 Å². The fourth-order valence-electron chi connectivity index (χ4n) is 1.60. The van der Waals surface area contributed by atoms with Crippen molar-refractivity contribution in [1.82, 2.24) is 10.6 Å². The number of ether oxygens (including phenoxy) is 1. The van der Waals surface area contributed by atoms with Crippen LogP contribution in [0, 0.1) is 5.41 Å². The first-order valence-corrected chi connectivity index (χ1v) is 7.10. The number of urea groups is 1. The molecule has 0 saturated carbocycles. The molecule has 0 aliphatic rings. The Bertz CT molecular complexity index is 452. The standard InChI is InChI=1S/C16H26N2O3/c1-11(16(2,3)4)18-15(20)17-10-14(19)12-6-8-13(21-5)9-7-12/h6-9,11,14,19H,10H2,1-5H3,(H2,17,18,20). The average Bonchev–Trinajstić information content (AvgIpc) is 2.43. The summed E-state index contributed by atoms with van der Waals surface area (Å²) < 4.78 is 5.06. The fraction of sp³-hybridized carbons (Fsp3) is 0.562. The molecule has 1 rings (SSSR count). The van der Waals surface area contributed by atoms with Gasteiger partial charge in [-0.3, -0.25) is 0 Å². The maximum absolute atomic E-state index is 11.8. The van der Waals surface area contributed by atoms with Crippen molar-refractivity contribution in [3.8, 4) is 5.75 Å². The van der Waals surface area contributed by atoms with Gasteiger partial charge in [0.05, 0.1) is 13.2 Å². The Kier molecular flexibility index (Phi) is 6.03. The van der Waals surface area contributed by atoms with Crippen LogP contribution in [0.3, 0.4) is 0 Å². The second-order valence-electron chi connectivity index (χ2n) is 6.23. The highest BCUT2D eigenvalue weighted by molar-refractivity contribution is 5.74. The average molecular weight is 294 g/mol. The first kappa shape index (κ1) is 17.3. The van der Waals surface area contributed by atoms with Gasteiger partial charge in [-0.2, -0.15) is 0 Å². The summed E-state index contributed by atoms with van der Waals surface area (Å²) in [5.41, 5.74) is 0.728. The van der Waals surface area contributed by atoms with Gasteiger partial charge < -0.3 is 20.5 Å². The number of carbonyl (C=O) groups is 1. The van der Waals surface area contributed by atoms with Crippen LogP contribution in [0.25, 0.3) is 0 Å². The second kappa shape index (κ2) is 7.31. The summed E-state index contributed by atoms with van der Waals surface area (Å²) in [5.74, 6) is 0.732. The first-order valence-electron chi connectivity index (χ1n) is 7.10. The highest BCUT2D eigenvalue weighted by Crippen LogP contribution is 2.19. The lowest BCUT2D eigenvalue weighted by Gasteiger charge is -2.28. The number of methoxy groups -OCH3 is 1. The number of aliphatic hydroxyl groups is 1. The van der Waals surface area contributed by atoms with Crippen LogP contribution in [0.4, 0.5) is 4.79 Å². The second-order valence-corrected chi connectivity index (χ2v) is 6.23. The van der Waals surface area contributed by atoms with Gasteiger partial charge in [-0.25, -0.2) is 4.79 Å². The molecule has 0 bridgehead atoms. The van der Waals surface area contributed by atoms with Crippen molar-refractivity contribution in [2.45, 2.75) is 39.8 Å². The summed E-state index contributed by atoms with van der Waals surface area (Å²) in [6.45, 7) is 8.30. The van der Waals surface area contributed by atoms with Crippen molar-refractivity contribution in [1.29, 1.82) is 0 Å². The molecule has 5 nitrogen and oxygen atoms in total. The van der Waals surface area contributed by atoms with Crippen LogP contribution in [0.5, 0.6) is 5.75 Å². The lowest BCUT2D eigenvalue weighted by molar-refractivity contribution is 0.170. The fourth-order valence-corrected chi connectivity index (χ4v) is 1.60. The van der Waals surface area contributed by atoms with Crippen molar-refractivity contribution < 1.29 is 14.6 Å². The lowest BCUT2D eigenvalue weighted by atomic mass is 9.88. The Morgan fingerprint density at radius 3 is 2.33 bits per heavy atom. The smallest absolute Gasteiger partial charge is 0.315 e. The van der Waals surface area contributed by atoms with E-state index in [0.717, 1.165) is 11.3 Å². The topological polar surface area (TPSA) is 70.6 Å². The molecule has 3 N–H and O–H groups in total. The van der Waals surface area contributed by atoms with Crippen molar-refractivity contribution in [3.63, 3.8) is 0 Å². The van der Waals surface area contributed by atoms with E-state index >= 15 is 0 Å². The molecule has 21 heavy (non-hydrogen) atoms. The largest absolute Gasteiger partial charge is 0.497 e. The normalized spacial score (nSPS) is 14.2. The Morgan fingerprint density at radius 1 is 1.29 bits per heavy atom. The number of rotatable bonds is 5. The van der Waals surface area contributed by atoms with Gasteiger partial charge in [0.2, 0.25) is 0 Å². The van der Waals surface area contributed by atoms with E-state index in [9.17, 15) is 9.90 Å². The molecule has 0 aromatic heterocycles. The summed E-state index contributed by atoms with van der Waals surface area (Å²) in [6, 6.07) is 6.88. The van der Waals surface area contributed by atoms with Crippen LogP contribution in [-0.4, -0.2) is 30.8 Å². The number of hydrogen-bond acceptors (Lipinski definition) is 3. The summed E-state index contributed by atoms with van der Waals surface area (Å²) in [4.78, 5) is 11.8. The Balaban J connectivity index is 2.45. The minimum Gasteiger partial charge on any atom is -0.497 e. The molecule has 118 valence electrons. The van der Waals surface area contributed by atoms with E-state index in [4.69, 9.17) is 4.74 Å². The molecule has 0 aliphatic carbocycles. The van der Waals surface area contributed by atoms with Gasteiger partial charge in [0.15, 0.2) is 0 Å². The molecule has 2 amide bonds. The minimum atomic E-state index is -0.744.